The summed E-state index contributed by atoms with van der Waals surface area (Å²) >= 11 is 8.55. The fourth-order valence-electron chi connectivity index (χ4n) is 3.09. The zero-order valence-electron chi connectivity index (χ0n) is 19.8. The molecule has 1 atom stereocenters. The lowest BCUT2D eigenvalue weighted by molar-refractivity contribution is -0.127. The van der Waals surface area contributed by atoms with Gasteiger partial charge in [0, 0.05) is 5.56 Å². The number of rotatable bonds is 8. The number of halogens is 1. The van der Waals surface area contributed by atoms with Crippen LogP contribution in [0.3, 0.4) is 0 Å². The van der Waals surface area contributed by atoms with Gasteiger partial charge in [0.25, 0.3) is 11.8 Å². The molecule has 0 fully saturated rings. The first-order valence-electron chi connectivity index (χ1n) is 11.2. The standard InChI is InChI=1S/C26H28BrN3O4S/c1-16(2)12-13-33-23-11-9-20(15-22(23)27)25(32)28-26(35)30-29-24(31)17(3)34-21-10-8-18-6-4-5-7-19(18)14-21/h4-11,14-17H,12-13H2,1-3H3,(H,29,31)(H2,28,30,32,35). The van der Waals surface area contributed by atoms with Gasteiger partial charge in [-0.15, -0.1) is 0 Å². The van der Waals surface area contributed by atoms with Crippen molar-refractivity contribution in [1.82, 2.24) is 16.2 Å². The highest BCUT2D eigenvalue weighted by molar-refractivity contribution is 9.10. The minimum Gasteiger partial charge on any atom is -0.492 e. The van der Waals surface area contributed by atoms with E-state index in [1.165, 1.54) is 0 Å². The molecule has 7 nitrogen and oxygen atoms in total. The molecule has 0 radical (unpaired) electrons. The molecule has 184 valence electrons. The number of nitrogens with one attached hydrogen (secondary N) is 3. The Labute approximate surface area is 218 Å². The van der Waals surface area contributed by atoms with Crippen molar-refractivity contribution in [3.63, 3.8) is 0 Å². The second kappa shape index (κ2) is 12.5. The monoisotopic (exact) mass is 557 g/mol. The molecule has 35 heavy (non-hydrogen) atoms. The van der Waals surface area contributed by atoms with Crippen LogP contribution in [-0.2, 0) is 4.79 Å². The second-order valence-corrected chi connectivity index (χ2v) is 9.61. The smallest absolute Gasteiger partial charge is 0.279 e. The fraction of sp³-hybridized carbons (Fsp3) is 0.269. The Kier molecular flexibility index (Phi) is 9.45. The summed E-state index contributed by atoms with van der Waals surface area (Å²) in [5.74, 6) is 0.910. The van der Waals surface area contributed by atoms with Gasteiger partial charge < -0.3 is 9.47 Å². The van der Waals surface area contributed by atoms with Crippen molar-refractivity contribution in [3.8, 4) is 11.5 Å². The Hall–Kier alpha value is -3.17. The van der Waals surface area contributed by atoms with Gasteiger partial charge in [-0.05, 0) is 88.5 Å². The van der Waals surface area contributed by atoms with Crippen molar-refractivity contribution in [3.05, 3.63) is 70.7 Å². The van der Waals surface area contributed by atoms with E-state index in [1.54, 1.807) is 25.1 Å². The molecule has 3 rings (SSSR count). The molecule has 2 amide bonds. The van der Waals surface area contributed by atoms with Crippen LogP contribution in [0.15, 0.2) is 65.1 Å². The summed E-state index contributed by atoms with van der Waals surface area (Å²) in [6.45, 7) is 6.47. The molecule has 9 heteroatoms. The van der Waals surface area contributed by atoms with Crippen molar-refractivity contribution in [2.45, 2.75) is 33.3 Å². The highest BCUT2D eigenvalue weighted by Gasteiger charge is 2.16. The number of hydrazine groups is 1. The van der Waals surface area contributed by atoms with Gasteiger partial charge in [0.05, 0.1) is 11.1 Å². The first kappa shape index (κ1) is 26.4. The third kappa shape index (κ3) is 7.93. The number of hydrogen-bond donors (Lipinski definition) is 3. The number of carbonyl (C=O) groups is 2. The van der Waals surface area contributed by atoms with Gasteiger partial charge in [-0.3, -0.25) is 25.8 Å². The number of thiocarbonyl (C=S) groups is 1. The number of ether oxygens (including phenoxy) is 2. The predicted molar refractivity (Wildman–Crippen MR) is 144 cm³/mol. The molecule has 0 saturated carbocycles. The first-order valence-corrected chi connectivity index (χ1v) is 12.4. The van der Waals surface area contributed by atoms with Gasteiger partial charge in [0.2, 0.25) is 0 Å². The molecule has 0 saturated heterocycles. The maximum Gasteiger partial charge on any atom is 0.279 e. The summed E-state index contributed by atoms with van der Waals surface area (Å²) in [6, 6.07) is 18.5. The number of benzene rings is 3. The van der Waals surface area contributed by atoms with E-state index in [4.69, 9.17) is 21.7 Å². The van der Waals surface area contributed by atoms with Crippen LogP contribution in [-0.4, -0.2) is 29.6 Å². The summed E-state index contributed by atoms with van der Waals surface area (Å²) in [4.78, 5) is 24.9. The van der Waals surface area contributed by atoms with Crippen molar-refractivity contribution in [1.29, 1.82) is 0 Å². The quantitative estimate of drug-likeness (QED) is 0.263. The van der Waals surface area contributed by atoms with Crippen molar-refractivity contribution in [2.75, 3.05) is 6.61 Å². The van der Waals surface area contributed by atoms with Crippen LogP contribution in [0, 0.1) is 5.92 Å². The van der Waals surface area contributed by atoms with Gasteiger partial charge in [0.1, 0.15) is 11.5 Å². The number of amides is 2. The molecule has 0 bridgehead atoms. The lowest BCUT2D eigenvalue weighted by Gasteiger charge is -2.16. The molecule has 3 N–H and O–H groups in total. The van der Waals surface area contributed by atoms with E-state index < -0.39 is 17.9 Å². The summed E-state index contributed by atoms with van der Waals surface area (Å²) in [5, 5.41) is 4.58. The van der Waals surface area contributed by atoms with E-state index in [9.17, 15) is 9.59 Å². The number of fused-ring (bicyclic) bond motifs is 1. The molecular weight excluding hydrogens is 530 g/mol. The van der Waals surface area contributed by atoms with Gasteiger partial charge >= 0.3 is 0 Å². The summed E-state index contributed by atoms with van der Waals surface area (Å²) in [6.07, 6.45) is 0.146. The van der Waals surface area contributed by atoms with Crippen molar-refractivity contribution < 1.29 is 19.1 Å². The fourth-order valence-corrected chi connectivity index (χ4v) is 3.73. The lowest BCUT2D eigenvalue weighted by Crippen LogP contribution is -2.51. The zero-order chi connectivity index (χ0) is 25.4. The maximum absolute atomic E-state index is 12.5. The third-order valence-corrected chi connectivity index (χ3v) is 5.90. The molecule has 3 aromatic carbocycles. The van der Waals surface area contributed by atoms with E-state index in [2.05, 4.69) is 45.9 Å². The molecule has 3 aromatic rings. The van der Waals surface area contributed by atoms with Crippen molar-refractivity contribution >= 4 is 55.8 Å². The molecule has 0 aromatic heterocycles. The van der Waals surface area contributed by atoms with Crippen LogP contribution in [0.5, 0.6) is 11.5 Å². The van der Waals surface area contributed by atoms with Gasteiger partial charge in [-0.1, -0.05) is 44.2 Å². The molecule has 1 unspecified atom stereocenters. The van der Waals surface area contributed by atoms with Crippen LogP contribution in [0.1, 0.15) is 37.6 Å². The Morgan fingerprint density at radius 2 is 1.71 bits per heavy atom. The van der Waals surface area contributed by atoms with Crippen LogP contribution < -0.4 is 25.6 Å². The SMILES string of the molecule is CC(C)CCOc1ccc(C(=O)NC(=S)NNC(=O)C(C)Oc2ccc3ccccc3c2)cc1Br. The number of carbonyl (C=O) groups excluding carboxylic acids is 2. The minimum absolute atomic E-state index is 0.0466. The molecule has 0 spiro atoms. The Bertz CT molecular complexity index is 1220. The molecule has 0 aliphatic rings. The minimum atomic E-state index is -0.790. The van der Waals surface area contributed by atoms with E-state index in [1.807, 2.05) is 42.5 Å². The Morgan fingerprint density at radius 1 is 0.971 bits per heavy atom. The van der Waals surface area contributed by atoms with Crippen molar-refractivity contribution in [2.24, 2.45) is 5.92 Å². The molecule has 0 heterocycles. The van der Waals surface area contributed by atoms with Crippen LogP contribution >= 0.6 is 28.1 Å². The molecule has 0 aliphatic carbocycles. The average Bonchev–Trinajstić information content (AvgIpc) is 2.83. The highest BCUT2D eigenvalue weighted by atomic mass is 79.9. The topological polar surface area (TPSA) is 88.7 Å². The lowest BCUT2D eigenvalue weighted by atomic mass is 10.1. The van der Waals surface area contributed by atoms with E-state index >= 15 is 0 Å². The maximum atomic E-state index is 12.5. The van der Waals surface area contributed by atoms with Crippen LogP contribution in [0.2, 0.25) is 0 Å². The predicted octanol–water partition coefficient (Wildman–Crippen LogP) is 5.13. The second-order valence-electron chi connectivity index (χ2n) is 8.34. The summed E-state index contributed by atoms with van der Waals surface area (Å²) in [7, 11) is 0. The Balaban J connectivity index is 1.46. The van der Waals surface area contributed by atoms with E-state index in [0.717, 1.165) is 17.2 Å². The number of hydrogen-bond acceptors (Lipinski definition) is 5. The Morgan fingerprint density at radius 3 is 2.43 bits per heavy atom. The van der Waals surface area contributed by atoms with Gasteiger partial charge in [0.15, 0.2) is 11.2 Å². The van der Waals surface area contributed by atoms with Gasteiger partial charge in [-0.2, -0.15) is 0 Å². The highest BCUT2D eigenvalue weighted by Crippen LogP contribution is 2.26. The van der Waals surface area contributed by atoms with Crippen LogP contribution in [0.4, 0.5) is 0 Å². The van der Waals surface area contributed by atoms with E-state index in [0.29, 0.717) is 34.1 Å². The summed E-state index contributed by atoms with van der Waals surface area (Å²) < 4.78 is 12.1. The largest absolute Gasteiger partial charge is 0.492 e. The van der Waals surface area contributed by atoms with E-state index in [-0.39, 0.29) is 5.11 Å². The first-order chi connectivity index (χ1) is 16.7. The van der Waals surface area contributed by atoms with Crippen LogP contribution in [0.25, 0.3) is 10.8 Å². The normalized spacial score (nSPS) is 11.6. The zero-order valence-corrected chi connectivity index (χ0v) is 22.2. The molecule has 0 aliphatic heterocycles. The average molecular weight is 558 g/mol. The van der Waals surface area contributed by atoms with Gasteiger partial charge in [-0.25, -0.2) is 0 Å². The third-order valence-electron chi connectivity index (χ3n) is 5.08. The molecular formula is C26H28BrN3O4S. The summed E-state index contributed by atoms with van der Waals surface area (Å²) in [5.41, 5.74) is 5.36.